The van der Waals surface area contributed by atoms with E-state index in [2.05, 4.69) is 5.32 Å². The van der Waals surface area contributed by atoms with Crippen molar-refractivity contribution in [3.05, 3.63) is 93.5 Å². The maximum atomic E-state index is 14.0. The summed E-state index contributed by atoms with van der Waals surface area (Å²) >= 11 is 12.2. The number of amides is 2. The first-order chi connectivity index (χ1) is 18.6. The third-order valence-electron chi connectivity index (χ3n) is 6.25. The summed E-state index contributed by atoms with van der Waals surface area (Å²) in [7, 11) is -4.16. The van der Waals surface area contributed by atoms with Gasteiger partial charge in [0.25, 0.3) is 10.0 Å². The van der Waals surface area contributed by atoms with Gasteiger partial charge in [-0.15, -0.1) is 0 Å². The Morgan fingerprint density at radius 2 is 1.48 bits per heavy atom. The Bertz CT molecular complexity index is 1470. The lowest BCUT2D eigenvalue weighted by molar-refractivity contribution is -0.140. The highest BCUT2D eigenvalue weighted by Gasteiger charge is 2.34. The molecule has 0 fully saturated rings. The second-order valence-electron chi connectivity index (χ2n) is 10.8. The van der Waals surface area contributed by atoms with Crippen LogP contribution in [0.25, 0.3) is 0 Å². The van der Waals surface area contributed by atoms with E-state index in [4.69, 9.17) is 23.2 Å². The van der Waals surface area contributed by atoms with Gasteiger partial charge in [-0.25, -0.2) is 8.42 Å². The molecular weight excluding hydrogens is 569 g/mol. The van der Waals surface area contributed by atoms with E-state index in [-0.39, 0.29) is 17.3 Å². The molecular formula is C30H35Cl2N3O4S. The molecule has 1 atom stereocenters. The van der Waals surface area contributed by atoms with Gasteiger partial charge < -0.3 is 10.2 Å². The molecule has 0 bridgehead atoms. The summed E-state index contributed by atoms with van der Waals surface area (Å²) in [6.45, 7) is 10.3. The Labute approximate surface area is 247 Å². The van der Waals surface area contributed by atoms with E-state index in [1.165, 1.54) is 17.0 Å². The first-order valence-corrected chi connectivity index (χ1v) is 15.0. The Balaban J connectivity index is 2.07. The summed E-state index contributed by atoms with van der Waals surface area (Å²) in [5, 5.41) is 3.89. The van der Waals surface area contributed by atoms with E-state index >= 15 is 0 Å². The van der Waals surface area contributed by atoms with Crippen LogP contribution < -0.4 is 9.62 Å². The highest BCUT2D eigenvalue weighted by molar-refractivity contribution is 7.92. The molecule has 0 saturated carbocycles. The molecule has 1 N–H and O–H groups in total. The average molecular weight is 605 g/mol. The molecule has 7 nitrogen and oxygen atoms in total. The second-order valence-corrected chi connectivity index (χ2v) is 13.6. The number of sulfonamides is 1. The molecule has 0 aliphatic carbocycles. The Hall–Kier alpha value is -3.07. The zero-order valence-electron chi connectivity index (χ0n) is 23.5. The molecule has 0 saturated heterocycles. The van der Waals surface area contributed by atoms with Crippen molar-refractivity contribution < 1.29 is 18.0 Å². The molecule has 2 amide bonds. The number of hydrogen-bond acceptors (Lipinski definition) is 4. The Morgan fingerprint density at radius 1 is 0.900 bits per heavy atom. The van der Waals surface area contributed by atoms with Gasteiger partial charge >= 0.3 is 0 Å². The zero-order chi connectivity index (χ0) is 29.8. The fourth-order valence-electron chi connectivity index (χ4n) is 4.09. The minimum absolute atomic E-state index is 0.0445. The number of hydrogen-bond donors (Lipinski definition) is 1. The average Bonchev–Trinajstić information content (AvgIpc) is 2.86. The van der Waals surface area contributed by atoms with Gasteiger partial charge in [-0.05, 0) is 95.1 Å². The molecule has 214 valence electrons. The third kappa shape index (κ3) is 7.99. The molecule has 10 heteroatoms. The topological polar surface area (TPSA) is 86.8 Å². The summed E-state index contributed by atoms with van der Waals surface area (Å²) in [6.07, 6.45) is 0. The number of anilines is 1. The fraction of sp³-hybridized carbons (Fsp3) is 0.333. The zero-order valence-corrected chi connectivity index (χ0v) is 25.9. The summed E-state index contributed by atoms with van der Waals surface area (Å²) in [5.41, 5.74) is 2.01. The number of benzene rings is 3. The number of nitrogens with one attached hydrogen (secondary N) is 1. The Kier molecular flexibility index (Phi) is 9.93. The number of aryl methyl sites for hydroxylation is 2. The molecule has 0 unspecified atom stereocenters. The first-order valence-electron chi connectivity index (χ1n) is 12.8. The van der Waals surface area contributed by atoms with Gasteiger partial charge in [0.15, 0.2) is 0 Å². The SMILES string of the molecule is Cc1ccc(S(=O)(=O)N(CC(=O)N(Cc2ccc(Cl)cc2)[C@H](C)C(=O)NC(C)(C)C)c2ccc(Cl)cc2C)cc1. The van der Waals surface area contributed by atoms with Gasteiger partial charge in [0, 0.05) is 22.1 Å². The molecule has 0 radical (unpaired) electrons. The quantitative estimate of drug-likeness (QED) is 0.318. The molecule has 3 aromatic carbocycles. The number of halogens is 2. The standard InChI is InChI=1S/C30H35Cl2N3O4S/c1-20-7-14-26(15-8-20)40(38,39)35(27-16-13-25(32)17-21(27)2)19-28(36)34(18-23-9-11-24(31)12-10-23)22(3)29(37)33-30(4,5)6/h7-17,22H,18-19H2,1-6H3,(H,33,37)/t22-/m1/s1. The van der Waals surface area contributed by atoms with Crippen LogP contribution in [0, 0.1) is 13.8 Å². The second kappa shape index (κ2) is 12.6. The van der Waals surface area contributed by atoms with Gasteiger partial charge in [0.1, 0.15) is 12.6 Å². The minimum atomic E-state index is -4.16. The van der Waals surface area contributed by atoms with E-state index < -0.39 is 34.1 Å². The van der Waals surface area contributed by atoms with Gasteiger partial charge in [0.2, 0.25) is 11.8 Å². The molecule has 3 aromatic rings. The van der Waals surface area contributed by atoms with Crippen LogP contribution in [-0.4, -0.2) is 43.3 Å². The van der Waals surface area contributed by atoms with Crippen LogP contribution in [0.3, 0.4) is 0 Å². The molecule has 3 rings (SSSR count). The molecule has 0 aliphatic heterocycles. The summed E-state index contributed by atoms with van der Waals surface area (Å²) < 4.78 is 29.0. The predicted octanol–water partition coefficient (Wildman–Crippen LogP) is 6.14. The van der Waals surface area contributed by atoms with Crippen LogP contribution in [-0.2, 0) is 26.2 Å². The lowest BCUT2D eigenvalue weighted by Gasteiger charge is -2.34. The van der Waals surface area contributed by atoms with Crippen molar-refractivity contribution in [2.75, 3.05) is 10.8 Å². The molecule has 40 heavy (non-hydrogen) atoms. The number of rotatable bonds is 9. The highest BCUT2D eigenvalue weighted by atomic mass is 35.5. The summed E-state index contributed by atoms with van der Waals surface area (Å²) in [6, 6.07) is 17.3. The van der Waals surface area contributed by atoms with Gasteiger partial charge in [0.05, 0.1) is 10.6 Å². The highest BCUT2D eigenvalue weighted by Crippen LogP contribution is 2.29. The van der Waals surface area contributed by atoms with E-state index in [0.29, 0.717) is 21.3 Å². The van der Waals surface area contributed by atoms with E-state index in [0.717, 1.165) is 15.4 Å². The fourth-order valence-corrected chi connectivity index (χ4v) is 5.92. The van der Waals surface area contributed by atoms with Gasteiger partial charge in [-0.2, -0.15) is 0 Å². The van der Waals surface area contributed by atoms with Crippen molar-refractivity contribution in [2.24, 2.45) is 0 Å². The van der Waals surface area contributed by atoms with Crippen LogP contribution in [0.15, 0.2) is 71.6 Å². The van der Waals surface area contributed by atoms with Crippen LogP contribution in [0.1, 0.15) is 44.4 Å². The predicted molar refractivity (Wildman–Crippen MR) is 161 cm³/mol. The molecule has 0 aliphatic rings. The van der Waals surface area contributed by atoms with Crippen LogP contribution in [0.5, 0.6) is 0 Å². The maximum Gasteiger partial charge on any atom is 0.264 e. The smallest absolute Gasteiger partial charge is 0.264 e. The Morgan fingerprint density at radius 3 is 2.02 bits per heavy atom. The van der Waals surface area contributed by atoms with E-state index in [1.54, 1.807) is 68.4 Å². The van der Waals surface area contributed by atoms with Crippen molar-refractivity contribution in [2.45, 2.75) is 64.6 Å². The van der Waals surface area contributed by atoms with Crippen LogP contribution >= 0.6 is 23.2 Å². The van der Waals surface area contributed by atoms with Crippen LogP contribution in [0.4, 0.5) is 5.69 Å². The number of nitrogens with zero attached hydrogens (tertiary/aromatic N) is 2. The van der Waals surface area contributed by atoms with Crippen molar-refractivity contribution in [1.82, 2.24) is 10.2 Å². The lowest BCUT2D eigenvalue weighted by Crippen LogP contribution is -2.54. The minimum Gasteiger partial charge on any atom is -0.350 e. The molecule has 0 aromatic heterocycles. The van der Waals surface area contributed by atoms with E-state index in [1.807, 2.05) is 27.7 Å². The maximum absolute atomic E-state index is 14.0. The molecule has 0 heterocycles. The molecule has 0 spiro atoms. The van der Waals surface area contributed by atoms with Gasteiger partial charge in [-0.1, -0.05) is 53.0 Å². The normalized spacial score (nSPS) is 12.5. The van der Waals surface area contributed by atoms with Gasteiger partial charge in [-0.3, -0.25) is 13.9 Å². The number of carbonyl (C=O) groups is 2. The summed E-state index contributed by atoms with van der Waals surface area (Å²) in [5.74, 6) is -0.901. The summed E-state index contributed by atoms with van der Waals surface area (Å²) in [4.78, 5) is 28.6. The van der Waals surface area contributed by atoms with Crippen molar-refractivity contribution in [3.63, 3.8) is 0 Å². The van der Waals surface area contributed by atoms with Crippen molar-refractivity contribution >= 4 is 50.7 Å². The lowest BCUT2D eigenvalue weighted by atomic mass is 10.1. The first kappa shape index (κ1) is 31.5. The van der Waals surface area contributed by atoms with Crippen molar-refractivity contribution in [3.8, 4) is 0 Å². The van der Waals surface area contributed by atoms with E-state index in [9.17, 15) is 18.0 Å². The van der Waals surface area contributed by atoms with Crippen LogP contribution in [0.2, 0.25) is 10.0 Å². The largest absolute Gasteiger partial charge is 0.350 e. The van der Waals surface area contributed by atoms with Crippen molar-refractivity contribution in [1.29, 1.82) is 0 Å². The monoisotopic (exact) mass is 603 g/mol. The third-order valence-corrected chi connectivity index (χ3v) is 8.51. The number of carbonyl (C=O) groups excluding carboxylic acids is 2.